The number of aryl methyl sites for hydroxylation is 1. The van der Waals surface area contributed by atoms with Gasteiger partial charge < -0.3 is 5.73 Å². The third-order valence-electron chi connectivity index (χ3n) is 4.56. The molecule has 2 unspecified atom stereocenters. The second kappa shape index (κ2) is 5.26. The van der Waals surface area contributed by atoms with E-state index in [1.54, 1.807) is 0 Å². The minimum atomic E-state index is 0.198. The van der Waals surface area contributed by atoms with Gasteiger partial charge in [0, 0.05) is 24.7 Å². The van der Waals surface area contributed by atoms with Crippen molar-refractivity contribution >= 4 is 0 Å². The molecular formula is C17H26N2. The van der Waals surface area contributed by atoms with Crippen LogP contribution in [-0.4, -0.2) is 23.5 Å². The molecule has 2 heteroatoms. The molecule has 2 aliphatic rings. The van der Waals surface area contributed by atoms with Gasteiger partial charge in [0.05, 0.1) is 0 Å². The molecule has 0 saturated heterocycles. The van der Waals surface area contributed by atoms with Gasteiger partial charge in [0.2, 0.25) is 0 Å². The van der Waals surface area contributed by atoms with E-state index in [1.807, 2.05) is 0 Å². The number of rotatable bonds is 4. The van der Waals surface area contributed by atoms with Gasteiger partial charge >= 0.3 is 0 Å². The Kier molecular flexibility index (Phi) is 3.64. The summed E-state index contributed by atoms with van der Waals surface area (Å²) >= 11 is 0. The minimum absolute atomic E-state index is 0.198. The Morgan fingerprint density at radius 3 is 2.63 bits per heavy atom. The summed E-state index contributed by atoms with van der Waals surface area (Å²) < 4.78 is 0. The molecule has 2 aliphatic carbocycles. The summed E-state index contributed by atoms with van der Waals surface area (Å²) in [5.41, 5.74) is 9.44. The second-order valence-electron chi connectivity index (χ2n) is 6.65. The highest BCUT2D eigenvalue weighted by Crippen LogP contribution is 2.37. The van der Waals surface area contributed by atoms with E-state index in [0.29, 0.717) is 6.04 Å². The van der Waals surface area contributed by atoms with Crippen molar-refractivity contribution < 1.29 is 0 Å². The summed E-state index contributed by atoms with van der Waals surface area (Å²) in [6.45, 7) is 5.83. The average Bonchev–Trinajstić information content (AvgIpc) is 3.21. The molecule has 104 valence electrons. The normalized spacial score (nSPS) is 26.8. The van der Waals surface area contributed by atoms with Crippen LogP contribution >= 0.6 is 0 Å². The number of hydrogen-bond donors (Lipinski definition) is 1. The molecule has 0 heterocycles. The molecule has 1 aromatic rings. The maximum Gasteiger partial charge on any atom is 0.0456 e. The minimum Gasteiger partial charge on any atom is -0.323 e. The fourth-order valence-corrected chi connectivity index (χ4v) is 3.53. The fourth-order valence-electron chi connectivity index (χ4n) is 3.53. The van der Waals surface area contributed by atoms with Crippen LogP contribution in [0.25, 0.3) is 0 Å². The van der Waals surface area contributed by atoms with Crippen molar-refractivity contribution in [3.05, 3.63) is 35.4 Å². The highest BCUT2D eigenvalue weighted by molar-refractivity contribution is 5.33. The SMILES string of the molecule is CC(C)CN(C1CC1)C1CCc2ccccc2C1N. The Balaban J connectivity index is 1.81. The predicted octanol–water partition coefficient (Wildman–Crippen LogP) is 3.12. The summed E-state index contributed by atoms with van der Waals surface area (Å²) in [6.07, 6.45) is 5.16. The Labute approximate surface area is 117 Å². The lowest BCUT2D eigenvalue weighted by atomic mass is 9.83. The van der Waals surface area contributed by atoms with Crippen molar-refractivity contribution in [2.24, 2.45) is 11.7 Å². The maximum atomic E-state index is 6.59. The molecule has 0 amide bonds. The molecule has 0 bridgehead atoms. The number of hydrogen-bond acceptors (Lipinski definition) is 2. The van der Waals surface area contributed by atoms with Crippen LogP contribution in [-0.2, 0) is 6.42 Å². The zero-order valence-corrected chi connectivity index (χ0v) is 12.2. The fraction of sp³-hybridized carbons (Fsp3) is 0.647. The molecule has 0 spiro atoms. The first kappa shape index (κ1) is 13.1. The van der Waals surface area contributed by atoms with Crippen LogP contribution in [0.5, 0.6) is 0 Å². The highest BCUT2D eigenvalue weighted by atomic mass is 15.2. The van der Waals surface area contributed by atoms with Gasteiger partial charge in [0.15, 0.2) is 0 Å². The number of fused-ring (bicyclic) bond motifs is 1. The van der Waals surface area contributed by atoms with Crippen LogP contribution in [0, 0.1) is 5.92 Å². The van der Waals surface area contributed by atoms with Crippen molar-refractivity contribution in [3.63, 3.8) is 0 Å². The molecule has 1 aromatic carbocycles. The summed E-state index contributed by atoms with van der Waals surface area (Å²) in [5, 5.41) is 0. The third-order valence-corrected chi connectivity index (χ3v) is 4.56. The molecule has 0 aliphatic heterocycles. The molecule has 3 rings (SSSR count). The van der Waals surface area contributed by atoms with E-state index in [1.165, 1.54) is 43.4 Å². The topological polar surface area (TPSA) is 29.3 Å². The zero-order chi connectivity index (χ0) is 13.4. The third kappa shape index (κ3) is 2.70. The maximum absolute atomic E-state index is 6.59. The van der Waals surface area contributed by atoms with Gasteiger partial charge in [-0.05, 0) is 42.7 Å². The van der Waals surface area contributed by atoms with E-state index in [0.717, 1.165) is 12.0 Å². The first-order valence-corrected chi connectivity index (χ1v) is 7.76. The van der Waals surface area contributed by atoms with Crippen LogP contribution in [0.1, 0.15) is 50.3 Å². The van der Waals surface area contributed by atoms with Gasteiger partial charge in [0.25, 0.3) is 0 Å². The number of nitrogens with zero attached hydrogens (tertiary/aromatic N) is 1. The van der Waals surface area contributed by atoms with Crippen molar-refractivity contribution in [2.45, 2.75) is 57.7 Å². The van der Waals surface area contributed by atoms with Gasteiger partial charge in [-0.3, -0.25) is 4.90 Å². The van der Waals surface area contributed by atoms with Crippen LogP contribution in [0.2, 0.25) is 0 Å². The smallest absolute Gasteiger partial charge is 0.0456 e. The Morgan fingerprint density at radius 2 is 1.95 bits per heavy atom. The van der Waals surface area contributed by atoms with Gasteiger partial charge in [-0.15, -0.1) is 0 Å². The first-order valence-electron chi connectivity index (χ1n) is 7.76. The summed E-state index contributed by atoms with van der Waals surface area (Å²) in [5.74, 6) is 0.727. The van der Waals surface area contributed by atoms with Crippen LogP contribution in [0.15, 0.2) is 24.3 Å². The molecule has 2 nitrogen and oxygen atoms in total. The quantitative estimate of drug-likeness (QED) is 0.899. The van der Waals surface area contributed by atoms with E-state index in [9.17, 15) is 0 Å². The Bertz CT molecular complexity index is 437. The van der Waals surface area contributed by atoms with Crippen molar-refractivity contribution in [2.75, 3.05) is 6.54 Å². The van der Waals surface area contributed by atoms with E-state index >= 15 is 0 Å². The highest BCUT2D eigenvalue weighted by Gasteiger charge is 2.38. The first-order chi connectivity index (χ1) is 9.16. The van der Waals surface area contributed by atoms with Gasteiger partial charge in [-0.1, -0.05) is 38.1 Å². The molecule has 0 aromatic heterocycles. The van der Waals surface area contributed by atoms with Crippen molar-refractivity contribution in [3.8, 4) is 0 Å². The average molecular weight is 258 g/mol. The largest absolute Gasteiger partial charge is 0.323 e. The summed E-state index contributed by atoms with van der Waals surface area (Å²) in [6, 6.07) is 10.3. The molecule has 2 N–H and O–H groups in total. The molecule has 1 fully saturated rings. The van der Waals surface area contributed by atoms with Gasteiger partial charge in [-0.25, -0.2) is 0 Å². The molecule has 19 heavy (non-hydrogen) atoms. The van der Waals surface area contributed by atoms with Gasteiger partial charge in [0.1, 0.15) is 0 Å². The summed E-state index contributed by atoms with van der Waals surface area (Å²) in [7, 11) is 0. The lowest BCUT2D eigenvalue weighted by Gasteiger charge is -2.40. The van der Waals surface area contributed by atoms with Gasteiger partial charge in [-0.2, -0.15) is 0 Å². The molecule has 2 atom stereocenters. The number of benzene rings is 1. The zero-order valence-electron chi connectivity index (χ0n) is 12.2. The van der Waals surface area contributed by atoms with E-state index < -0.39 is 0 Å². The summed E-state index contributed by atoms with van der Waals surface area (Å²) in [4.78, 5) is 2.71. The lowest BCUT2D eigenvalue weighted by molar-refractivity contribution is 0.130. The van der Waals surface area contributed by atoms with E-state index in [2.05, 4.69) is 43.0 Å². The monoisotopic (exact) mass is 258 g/mol. The molecule has 1 saturated carbocycles. The lowest BCUT2D eigenvalue weighted by Crippen LogP contribution is -2.47. The number of nitrogens with two attached hydrogens (primary N) is 1. The predicted molar refractivity (Wildman–Crippen MR) is 80.0 cm³/mol. The van der Waals surface area contributed by atoms with Crippen LogP contribution < -0.4 is 5.73 Å². The molecular weight excluding hydrogens is 232 g/mol. The standard InChI is InChI=1S/C17H26N2/c1-12(2)11-19(14-8-9-14)16-10-7-13-5-3-4-6-15(13)17(16)18/h3-6,12,14,16-17H,7-11,18H2,1-2H3. The van der Waals surface area contributed by atoms with E-state index in [4.69, 9.17) is 5.73 Å². The molecule has 0 radical (unpaired) electrons. The Morgan fingerprint density at radius 1 is 1.21 bits per heavy atom. The van der Waals surface area contributed by atoms with Crippen molar-refractivity contribution in [1.82, 2.24) is 4.90 Å². The Hall–Kier alpha value is -0.860. The van der Waals surface area contributed by atoms with Crippen LogP contribution in [0.4, 0.5) is 0 Å². The van der Waals surface area contributed by atoms with Crippen LogP contribution in [0.3, 0.4) is 0 Å². The second-order valence-corrected chi connectivity index (χ2v) is 6.65. The van der Waals surface area contributed by atoms with E-state index in [-0.39, 0.29) is 6.04 Å². The van der Waals surface area contributed by atoms with Crippen molar-refractivity contribution in [1.29, 1.82) is 0 Å².